The van der Waals surface area contributed by atoms with Crippen LogP contribution in [0.3, 0.4) is 0 Å². The zero-order valence-electron chi connectivity index (χ0n) is 13.4. The average molecular weight is 328 g/mol. The summed E-state index contributed by atoms with van der Waals surface area (Å²) in [5.41, 5.74) is 3.55. The Morgan fingerprint density at radius 3 is 3.00 bits per heavy atom. The lowest BCUT2D eigenvalue weighted by molar-refractivity contribution is 0.0696. The van der Waals surface area contributed by atoms with Crippen molar-refractivity contribution in [1.29, 1.82) is 0 Å². The van der Waals surface area contributed by atoms with E-state index in [-0.39, 0.29) is 6.10 Å². The molecule has 0 radical (unpaired) electrons. The van der Waals surface area contributed by atoms with E-state index in [9.17, 15) is 4.79 Å². The third-order valence-corrected chi connectivity index (χ3v) is 4.63. The first-order chi connectivity index (χ1) is 11.7. The Morgan fingerprint density at radius 2 is 2.21 bits per heavy atom. The fraction of sp³-hybridized carbons (Fsp3) is 0.471. The maximum atomic E-state index is 11.1. The van der Waals surface area contributed by atoms with Gasteiger partial charge in [-0.3, -0.25) is 4.90 Å². The van der Waals surface area contributed by atoms with E-state index in [1.165, 1.54) is 5.56 Å². The number of hydrogen-bond acceptors (Lipinski definition) is 5. The Labute approximate surface area is 139 Å². The van der Waals surface area contributed by atoms with Gasteiger partial charge in [-0.15, -0.1) is 5.10 Å². The zero-order valence-corrected chi connectivity index (χ0v) is 13.4. The fourth-order valence-corrected chi connectivity index (χ4v) is 3.44. The highest BCUT2D eigenvalue weighted by Crippen LogP contribution is 2.25. The van der Waals surface area contributed by atoms with Crippen molar-refractivity contribution in [2.75, 3.05) is 6.61 Å². The quantitative estimate of drug-likeness (QED) is 0.899. The molecule has 0 aliphatic carbocycles. The molecule has 7 nitrogen and oxygen atoms in total. The lowest BCUT2D eigenvalue weighted by Crippen LogP contribution is -2.16. The van der Waals surface area contributed by atoms with Crippen LogP contribution < -0.4 is 0 Å². The van der Waals surface area contributed by atoms with Crippen molar-refractivity contribution < 1.29 is 14.6 Å². The van der Waals surface area contributed by atoms with Gasteiger partial charge in [-0.05, 0) is 36.1 Å². The second-order valence-corrected chi connectivity index (χ2v) is 6.50. The molecule has 2 aliphatic rings. The van der Waals surface area contributed by atoms with Crippen molar-refractivity contribution in [3.63, 3.8) is 0 Å². The molecule has 1 fully saturated rings. The summed E-state index contributed by atoms with van der Waals surface area (Å²) in [6, 6.07) is 5.35. The highest BCUT2D eigenvalue weighted by atomic mass is 16.5. The molecule has 2 aliphatic heterocycles. The van der Waals surface area contributed by atoms with Crippen LogP contribution in [0.2, 0.25) is 0 Å². The lowest BCUT2D eigenvalue weighted by atomic mass is 10.1. The molecule has 0 spiro atoms. The number of carboxylic acid groups (broad SMARTS) is 1. The topological polar surface area (TPSA) is 80.5 Å². The van der Waals surface area contributed by atoms with Crippen LogP contribution in [0.1, 0.15) is 40.0 Å². The van der Waals surface area contributed by atoms with Crippen LogP contribution in [0.15, 0.2) is 24.4 Å². The van der Waals surface area contributed by atoms with Gasteiger partial charge in [0.05, 0.1) is 23.9 Å². The smallest absolute Gasteiger partial charge is 0.335 e. The molecule has 0 amide bonds. The fourth-order valence-electron chi connectivity index (χ4n) is 3.44. The number of rotatable bonds is 5. The first-order valence-corrected chi connectivity index (χ1v) is 8.25. The number of ether oxygens (including phenoxy) is 1. The van der Waals surface area contributed by atoms with E-state index in [0.717, 1.165) is 50.3 Å². The number of carbonyl (C=O) groups is 1. The molecule has 3 heterocycles. The van der Waals surface area contributed by atoms with Crippen LogP contribution in [0.25, 0.3) is 0 Å². The molecule has 1 aromatic heterocycles. The largest absolute Gasteiger partial charge is 0.478 e. The van der Waals surface area contributed by atoms with Gasteiger partial charge in [0, 0.05) is 32.4 Å². The van der Waals surface area contributed by atoms with E-state index in [1.807, 2.05) is 16.9 Å². The van der Waals surface area contributed by atoms with E-state index in [2.05, 4.69) is 15.2 Å². The first kappa shape index (κ1) is 15.3. The highest BCUT2D eigenvalue weighted by molar-refractivity contribution is 5.87. The molecular formula is C17H20N4O3. The summed E-state index contributed by atoms with van der Waals surface area (Å²) < 4.78 is 7.48. The summed E-state index contributed by atoms with van der Waals surface area (Å²) in [6.07, 6.45) is 4.44. The molecule has 1 saturated heterocycles. The van der Waals surface area contributed by atoms with Crippen LogP contribution in [0.5, 0.6) is 0 Å². The number of aromatic nitrogens is 3. The van der Waals surface area contributed by atoms with Gasteiger partial charge in [-0.2, -0.15) is 0 Å². The van der Waals surface area contributed by atoms with Gasteiger partial charge >= 0.3 is 5.97 Å². The van der Waals surface area contributed by atoms with Crippen molar-refractivity contribution in [1.82, 2.24) is 19.9 Å². The third kappa shape index (κ3) is 3.18. The molecule has 1 atom stereocenters. The van der Waals surface area contributed by atoms with E-state index in [0.29, 0.717) is 12.1 Å². The van der Waals surface area contributed by atoms with Gasteiger partial charge < -0.3 is 9.84 Å². The molecular weight excluding hydrogens is 308 g/mol. The molecule has 1 N–H and O–H groups in total. The number of nitrogens with zero attached hydrogens (tertiary/aromatic N) is 4. The zero-order chi connectivity index (χ0) is 16.5. The predicted octanol–water partition coefficient (Wildman–Crippen LogP) is 1.67. The Hall–Kier alpha value is -2.25. The first-order valence-electron chi connectivity index (χ1n) is 8.25. The minimum Gasteiger partial charge on any atom is -0.478 e. The second-order valence-electron chi connectivity index (χ2n) is 6.50. The Bertz CT molecular complexity index is 752. The van der Waals surface area contributed by atoms with Crippen molar-refractivity contribution in [2.45, 2.75) is 45.1 Å². The summed E-state index contributed by atoms with van der Waals surface area (Å²) in [4.78, 5) is 13.3. The molecule has 2 aromatic rings. The summed E-state index contributed by atoms with van der Waals surface area (Å²) in [5.74, 6) is -0.881. The number of fused-ring (bicyclic) bond motifs is 1. The molecule has 126 valence electrons. The van der Waals surface area contributed by atoms with E-state index >= 15 is 0 Å². The summed E-state index contributed by atoms with van der Waals surface area (Å²) >= 11 is 0. The van der Waals surface area contributed by atoms with Gasteiger partial charge in [0.25, 0.3) is 0 Å². The van der Waals surface area contributed by atoms with Crippen LogP contribution >= 0.6 is 0 Å². The van der Waals surface area contributed by atoms with Crippen LogP contribution in [-0.4, -0.2) is 43.7 Å². The summed E-state index contributed by atoms with van der Waals surface area (Å²) in [7, 11) is 0. The van der Waals surface area contributed by atoms with Crippen molar-refractivity contribution in [3.05, 3.63) is 46.8 Å². The SMILES string of the molecule is O=C(O)c1ccc2c(c1)CN(Cc1cn(CC3CCCO3)nn1)C2. The summed E-state index contributed by atoms with van der Waals surface area (Å²) in [5, 5.41) is 17.5. The van der Waals surface area contributed by atoms with E-state index in [1.54, 1.807) is 12.1 Å². The monoisotopic (exact) mass is 328 g/mol. The summed E-state index contributed by atoms with van der Waals surface area (Å²) in [6.45, 7) is 3.87. The van der Waals surface area contributed by atoms with Gasteiger partial charge in [0.1, 0.15) is 0 Å². The molecule has 7 heteroatoms. The molecule has 24 heavy (non-hydrogen) atoms. The molecule has 0 saturated carbocycles. The minimum atomic E-state index is -0.881. The molecule has 1 aromatic carbocycles. The standard InChI is InChI=1S/C17H20N4O3/c22-17(23)12-3-4-13-7-20(8-14(13)6-12)9-15-10-21(19-18-15)11-16-2-1-5-24-16/h3-4,6,10,16H,1-2,5,7-9,11H2,(H,22,23). The van der Waals surface area contributed by atoms with Crippen LogP contribution in [0.4, 0.5) is 0 Å². The third-order valence-electron chi connectivity index (χ3n) is 4.63. The van der Waals surface area contributed by atoms with Crippen LogP contribution in [0, 0.1) is 0 Å². The highest BCUT2D eigenvalue weighted by Gasteiger charge is 2.22. The van der Waals surface area contributed by atoms with Gasteiger partial charge in [-0.1, -0.05) is 11.3 Å². The second kappa shape index (κ2) is 6.33. The Balaban J connectivity index is 1.38. The Kier molecular flexibility index (Phi) is 4.03. The molecule has 0 bridgehead atoms. The molecule has 4 rings (SSSR count). The average Bonchev–Trinajstić information content (AvgIpc) is 3.28. The van der Waals surface area contributed by atoms with Gasteiger partial charge in [0.2, 0.25) is 0 Å². The maximum absolute atomic E-state index is 11.1. The number of hydrogen-bond donors (Lipinski definition) is 1. The normalized spacial score (nSPS) is 20.4. The van der Waals surface area contributed by atoms with Crippen molar-refractivity contribution in [3.8, 4) is 0 Å². The Morgan fingerprint density at radius 1 is 1.33 bits per heavy atom. The molecule has 1 unspecified atom stereocenters. The minimum absolute atomic E-state index is 0.255. The van der Waals surface area contributed by atoms with E-state index < -0.39 is 5.97 Å². The van der Waals surface area contributed by atoms with Crippen molar-refractivity contribution >= 4 is 5.97 Å². The van der Waals surface area contributed by atoms with Gasteiger partial charge in [0.15, 0.2) is 0 Å². The lowest BCUT2D eigenvalue weighted by Gasteiger charge is -2.12. The number of aromatic carboxylic acids is 1. The van der Waals surface area contributed by atoms with E-state index in [4.69, 9.17) is 9.84 Å². The van der Waals surface area contributed by atoms with Gasteiger partial charge in [-0.25, -0.2) is 9.48 Å². The predicted molar refractivity (Wildman–Crippen MR) is 85.3 cm³/mol. The number of carboxylic acids is 1. The number of benzene rings is 1. The maximum Gasteiger partial charge on any atom is 0.335 e. The van der Waals surface area contributed by atoms with Crippen LogP contribution in [-0.2, 0) is 30.9 Å². The van der Waals surface area contributed by atoms with Crippen molar-refractivity contribution in [2.24, 2.45) is 0 Å².